The Balaban J connectivity index is 2.00. The van der Waals surface area contributed by atoms with Crippen LogP contribution in [0.3, 0.4) is 0 Å². The van der Waals surface area contributed by atoms with Crippen LogP contribution in [0.2, 0.25) is 5.02 Å². The van der Waals surface area contributed by atoms with E-state index in [1.807, 2.05) is 0 Å². The van der Waals surface area contributed by atoms with Crippen molar-refractivity contribution in [2.75, 3.05) is 26.1 Å². The molecular weight excluding hydrogens is 352 g/mol. The molecule has 0 aliphatic heterocycles. The molecular formula is C16H15ClN2O6. The van der Waals surface area contributed by atoms with Gasteiger partial charge in [0.05, 0.1) is 29.9 Å². The Morgan fingerprint density at radius 3 is 2.36 bits per heavy atom. The van der Waals surface area contributed by atoms with Crippen molar-refractivity contribution in [3.8, 4) is 17.2 Å². The smallest absolute Gasteiger partial charge is 0.269 e. The van der Waals surface area contributed by atoms with Crippen LogP contribution >= 0.6 is 11.6 Å². The molecule has 0 aromatic heterocycles. The average molecular weight is 367 g/mol. The van der Waals surface area contributed by atoms with E-state index in [9.17, 15) is 14.9 Å². The maximum absolute atomic E-state index is 12.0. The van der Waals surface area contributed by atoms with Gasteiger partial charge in [0.25, 0.3) is 11.6 Å². The van der Waals surface area contributed by atoms with Crippen LogP contribution in [-0.2, 0) is 4.79 Å². The molecule has 25 heavy (non-hydrogen) atoms. The topological polar surface area (TPSA) is 99.9 Å². The first-order valence-corrected chi connectivity index (χ1v) is 7.41. The van der Waals surface area contributed by atoms with Crippen LogP contribution in [0.15, 0.2) is 36.4 Å². The Bertz CT molecular complexity index is 779. The third kappa shape index (κ3) is 4.74. The summed E-state index contributed by atoms with van der Waals surface area (Å²) in [7, 11) is 2.92. The summed E-state index contributed by atoms with van der Waals surface area (Å²) in [5.74, 6) is 0.682. The summed E-state index contributed by atoms with van der Waals surface area (Å²) >= 11 is 6.04. The van der Waals surface area contributed by atoms with Gasteiger partial charge in [-0.05, 0) is 18.2 Å². The predicted octanol–water partition coefficient (Wildman–Crippen LogP) is 3.28. The van der Waals surface area contributed by atoms with E-state index in [0.29, 0.717) is 28.0 Å². The first-order chi connectivity index (χ1) is 11.9. The molecule has 132 valence electrons. The van der Waals surface area contributed by atoms with E-state index in [1.54, 1.807) is 6.07 Å². The van der Waals surface area contributed by atoms with Gasteiger partial charge in [-0.1, -0.05) is 11.6 Å². The zero-order valence-electron chi connectivity index (χ0n) is 13.4. The standard InChI is InChI=1S/C16H15ClN2O6/c1-23-14-8-15(24-2)13(7-12(14)17)18-16(20)9-25-11-5-3-10(4-6-11)19(21)22/h3-8H,9H2,1-2H3,(H,18,20). The van der Waals surface area contributed by atoms with Crippen molar-refractivity contribution in [1.29, 1.82) is 0 Å². The van der Waals surface area contributed by atoms with Crippen LogP contribution in [0.5, 0.6) is 17.2 Å². The number of carbonyl (C=O) groups is 1. The Labute approximate surface area is 148 Å². The molecule has 0 spiro atoms. The predicted molar refractivity (Wildman–Crippen MR) is 91.8 cm³/mol. The lowest BCUT2D eigenvalue weighted by atomic mass is 10.2. The van der Waals surface area contributed by atoms with E-state index in [-0.39, 0.29) is 12.3 Å². The van der Waals surface area contributed by atoms with Crippen molar-refractivity contribution < 1.29 is 23.9 Å². The SMILES string of the molecule is COc1cc(OC)c(NC(=O)COc2ccc([N+](=O)[O-])cc2)cc1Cl. The van der Waals surface area contributed by atoms with E-state index in [0.717, 1.165) is 0 Å². The van der Waals surface area contributed by atoms with Crippen molar-refractivity contribution in [3.63, 3.8) is 0 Å². The molecule has 9 heteroatoms. The van der Waals surface area contributed by atoms with Crippen LogP contribution in [0.4, 0.5) is 11.4 Å². The number of ether oxygens (including phenoxy) is 3. The zero-order chi connectivity index (χ0) is 18.4. The molecule has 0 radical (unpaired) electrons. The number of nitro benzene ring substituents is 1. The van der Waals surface area contributed by atoms with Crippen LogP contribution in [0, 0.1) is 10.1 Å². The number of hydrogen-bond donors (Lipinski definition) is 1. The number of non-ortho nitro benzene ring substituents is 1. The Hall–Kier alpha value is -3.00. The highest BCUT2D eigenvalue weighted by atomic mass is 35.5. The van der Waals surface area contributed by atoms with Crippen LogP contribution in [-0.4, -0.2) is 31.7 Å². The second-order valence-corrected chi connectivity index (χ2v) is 5.18. The molecule has 0 saturated carbocycles. The fourth-order valence-corrected chi connectivity index (χ4v) is 2.20. The van der Waals surface area contributed by atoms with Gasteiger partial charge in [-0.15, -0.1) is 0 Å². The number of anilines is 1. The second kappa shape index (κ2) is 8.20. The molecule has 1 N–H and O–H groups in total. The quantitative estimate of drug-likeness (QED) is 0.596. The number of hydrogen-bond acceptors (Lipinski definition) is 6. The van der Waals surface area contributed by atoms with E-state index in [4.69, 9.17) is 25.8 Å². The lowest BCUT2D eigenvalue weighted by Gasteiger charge is -2.13. The van der Waals surface area contributed by atoms with E-state index in [1.165, 1.54) is 44.6 Å². The molecule has 0 aliphatic carbocycles. The highest BCUT2D eigenvalue weighted by molar-refractivity contribution is 6.32. The summed E-state index contributed by atoms with van der Waals surface area (Å²) in [6.45, 7) is -0.287. The summed E-state index contributed by atoms with van der Waals surface area (Å²) in [6.07, 6.45) is 0. The van der Waals surface area contributed by atoms with Crippen LogP contribution in [0.1, 0.15) is 0 Å². The molecule has 2 aromatic rings. The van der Waals surface area contributed by atoms with E-state index < -0.39 is 10.8 Å². The van der Waals surface area contributed by atoms with Crippen molar-refractivity contribution >= 4 is 28.9 Å². The minimum atomic E-state index is -0.518. The lowest BCUT2D eigenvalue weighted by molar-refractivity contribution is -0.384. The normalized spacial score (nSPS) is 10.0. The maximum Gasteiger partial charge on any atom is 0.269 e. The monoisotopic (exact) mass is 366 g/mol. The fraction of sp³-hybridized carbons (Fsp3) is 0.188. The summed E-state index contributed by atoms with van der Waals surface area (Å²) in [5, 5.41) is 13.5. The molecule has 8 nitrogen and oxygen atoms in total. The summed E-state index contributed by atoms with van der Waals surface area (Å²) in [6, 6.07) is 8.46. The number of nitrogens with zero attached hydrogens (tertiary/aromatic N) is 1. The summed E-state index contributed by atoms with van der Waals surface area (Å²) in [4.78, 5) is 22.1. The number of nitrogens with one attached hydrogen (secondary N) is 1. The van der Waals surface area contributed by atoms with Crippen molar-refractivity contribution in [1.82, 2.24) is 0 Å². The molecule has 0 unspecified atom stereocenters. The Morgan fingerprint density at radius 1 is 1.16 bits per heavy atom. The van der Waals surface area contributed by atoms with Gasteiger partial charge in [-0.2, -0.15) is 0 Å². The molecule has 0 aliphatic rings. The largest absolute Gasteiger partial charge is 0.495 e. The van der Waals surface area contributed by atoms with E-state index in [2.05, 4.69) is 5.32 Å². The molecule has 0 atom stereocenters. The molecule has 0 fully saturated rings. The van der Waals surface area contributed by atoms with Gasteiger partial charge in [-0.3, -0.25) is 14.9 Å². The van der Waals surface area contributed by atoms with E-state index >= 15 is 0 Å². The third-order valence-electron chi connectivity index (χ3n) is 3.17. The number of halogens is 1. The highest BCUT2D eigenvalue weighted by Gasteiger charge is 2.13. The number of amides is 1. The van der Waals surface area contributed by atoms with Gasteiger partial charge in [0.15, 0.2) is 6.61 Å². The maximum atomic E-state index is 12.0. The Kier molecular flexibility index (Phi) is 6.02. The van der Waals surface area contributed by atoms with Crippen LogP contribution in [0.25, 0.3) is 0 Å². The molecule has 0 saturated heterocycles. The molecule has 0 bridgehead atoms. The average Bonchev–Trinajstić information content (AvgIpc) is 2.60. The van der Waals surface area contributed by atoms with Gasteiger partial charge in [-0.25, -0.2) is 0 Å². The van der Waals surface area contributed by atoms with Crippen molar-refractivity contribution in [2.24, 2.45) is 0 Å². The van der Waals surface area contributed by atoms with Crippen molar-refractivity contribution in [3.05, 3.63) is 51.5 Å². The van der Waals surface area contributed by atoms with Gasteiger partial charge < -0.3 is 19.5 Å². The first-order valence-electron chi connectivity index (χ1n) is 7.03. The number of carbonyl (C=O) groups excluding carboxylic acids is 1. The number of benzene rings is 2. The molecule has 2 aromatic carbocycles. The number of methoxy groups -OCH3 is 2. The van der Waals surface area contributed by atoms with Gasteiger partial charge in [0, 0.05) is 18.2 Å². The fourth-order valence-electron chi connectivity index (χ4n) is 1.96. The summed E-state index contributed by atoms with van der Waals surface area (Å²) < 4.78 is 15.6. The van der Waals surface area contributed by atoms with Gasteiger partial charge >= 0.3 is 0 Å². The Morgan fingerprint density at radius 2 is 1.80 bits per heavy atom. The van der Waals surface area contributed by atoms with Gasteiger partial charge in [0.2, 0.25) is 0 Å². The van der Waals surface area contributed by atoms with Gasteiger partial charge in [0.1, 0.15) is 17.2 Å². The molecule has 2 rings (SSSR count). The highest BCUT2D eigenvalue weighted by Crippen LogP contribution is 2.35. The number of rotatable bonds is 7. The number of nitro groups is 1. The third-order valence-corrected chi connectivity index (χ3v) is 3.46. The lowest BCUT2D eigenvalue weighted by Crippen LogP contribution is -2.20. The molecule has 1 amide bonds. The zero-order valence-corrected chi connectivity index (χ0v) is 14.2. The minimum absolute atomic E-state index is 0.0607. The summed E-state index contributed by atoms with van der Waals surface area (Å²) in [5.41, 5.74) is 0.306. The second-order valence-electron chi connectivity index (χ2n) is 4.77. The van der Waals surface area contributed by atoms with Crippen molar-refractivity contribution in [2.45, 2.75) is 0 Å². The first kappa shape index (κ1) is 18.3. The minimum Gasteiger partial charge on any atom is -0.495 e. The van der Waals surface area contributed by atoms with Crippen LogP contribution < -0.4 is 19.5 Å². The molecule has 0 heterocycles.